The lowest BCUT2D eigenvalue weighted by Crippen LogP contribution is -2.35. The van der Waals surface area contributed by atoms with E-state index in [0.717, 1.165) is 0 Å². The van der Waals surface area contributed by atoms with Crippen molar-refractivity contribution in [1.29, 1.82) is 0 Å². The van der Waals surface area contributed by atoms with Crippen molar-refractivity contribution in [3.63, 3.8) is 0 Å². The molecule has 1 unspecified atom stereocenters. The van der Waals surface area contributed by atoms with Crippen LogP contribution in [0.15, 0.2) is 35.2 Å². The van der Waals surface area contributed by atoms with Crippen LogP contribution in [0.4, 0.5) is 0 Å². The Morgan fingerprint density at radius 1 is 1.20 bits per heavy atom. The fourth-order valence-electron chi connectivity index (χ4n) is 2.88. The van der Waals surface area contributed by atoms with Crippen LogP contribution in [0.5, 0.6) is 17.2 Å². The second-order valence-corrected chi connectivity index (χ2v) is 8.67. The molecule has 0 fully saturated rings. The largest absolute Gasteiger partial charge is 0.491 e. The first-order chi connectivity index (χ1) is 14.2. The number of sulfonamides is 1. The summed E-state index contributed by atoms with van der Waals surface area (Å²) in [4.78, 5) is 12.5. The number of fused-ring (bicyclic) bond motifs is 1. The lowest BCUT2D eigenvalue weighted by molar-refractivity contribution is 0.0843. The molecule has 0 aromatic heterocycles. The van der Waals surface area contributed by atoms with Crippen LogP contribution in [0, 0.1) is 13.8 Å². The topological polar surface area (TPSA) is 123 Å². The van der Waals surface area contributed by atoms with E-state index in [1.165, 1.54) is 13.1 Å². The van der Waals surface area contributed by atoms with Crippen LogP contribution in [0.2, 0.25) is 0 Å². The summed E-state index contributed by atoms with van der Waals surface area (Å²) in [5, 5.41) is 12.7. The summed E-state index contributed by atoms with van der Waals surface area (Å²) in [6, 6.07) is 7.99. The molecular weight excluding hydrogens is 412 g/mol. The summed E-state index contributed by atoms with van der Waals surface area (Å²) in [5.41, 5.74) is 1.43. The lowest BCUT2D eigenvalue weighted by atomic mass is 10.1. The monoisotopic (exact) mass is 436 g/mol. The fourth-order valence-corrected chi connectivity index (χ4v) is 3.94. The molecule has 1 aliphatic rings. The Morgan fingerprint density at radius 3 is 2.67 bits per heavy atom. The van der Waals surface area contributed by atoms with Crippen molar-refractivity contribution in [1.82, 2.24) is 10.0 Å². The second-order valence-electron chi connectivity index (χ2n) is 6.81. The number of aryl methyl sites for hydroxylation is 1. The molecule has 9 nitrogen and oxygen atoms in total. The molecule has 1 heterocycles. The summed E-state index contributed by atoms with van der Waals surface area (Å²) in [6.45, 7) is 3.45. The van der Waals surface area contributed by atoms with Crippen molar-refractivity contribution >= 4 is 15.9 Å². The van der Waals surface area contributed by atoms with E-state index in [1.54, 1.807) is 38.1 Å². The van der Waals surface area contributed by atoms with Gasteiger partial charge in [0.1, 0.15) is 18.5 Å². The standard InChI is InChI=1S/C20H24N2O7S/c1-12-6-14(7-19(13(12)2)30(25,26)21-3)20(24)22-9-15(23)10-27-16-4-5-17-18(8-16)29-11-28-17/h4-8,15,21,23H,9-11H2,1-3H3,(H,22,24). The maximum Gasteiger partial charge on any atom is 0.251 e. The average molecular weight is 436 g/mol. The van der Waals surface area contributed by atoms with E-state index >= 15 is 0 Å². The van der Waals surface area contributed by atoms with E-state index in [1.807, 2.05) is 0 Å². The van der Waals surface area contributed by atoms with Crippen LogP contribution in [0.25, 0.3) is 0 Å². The third-order valence-corrected chi connectivity index (χ3v) is 6.27. The highest BCUT2D eigenvalue weighted by molar-refractivity contribution is 7.89. The maximum absolute atomic E-state index is 12.5. The zero-order valence-corrected chi connectivity index (χ0v) is 17.7. The molecule has 0 radical (unpaired) electrons. The quantitative estimate of drug-likeness (QED) is 0.566. The molecule has 1 atom stereocenters. The minimum Gasteiger partial charge on any atom is -0.491 e. The number of benzene rings is 2. The average Bonchev–Trinajstić information content (AvgIpc) is 3.20. The normalized spacial score (nSPS) is 13.7. The summed E-state index contributed by atoms with van der Waals surface area (Å²) in [6.07, 6.45) is -0.966. The van der Waals surface area contributed by atoms with E-state index in [2.05, 4.69) is 10.0 Å². The van der Waals surface area contributed by atoms with Gasteiger partial charge in [0.15, 0.2) is 11.5 Å². The second kappa shape index (κ2) is 8.90. The molecule has 3 rings (SSSR count). The van der Waals surface area contributed by atoms with Gasteiger partial charge in [-0.1, -0.05) is 0 Å². The molecule has 1 aliphatic heterocycles. The van der Waals surface area contributed by atoms with Gasteiger partial charge < -0.3 is 24.6 Å². The number of carbonyl (C=O) groups excluding carboxylic acids is 1. The third kappa shape index (κ3) is 4.84. The van der Waals surface area contributed by atoms with E-state index in [4.69, 9.17) is 14.2 Å². The molecule has 10 heteroatoms. The molecule has 0 spiro atoms. The van der Waals surface area contributed by atoms with Crippen LogP contribution < -0.4 is 24.2 Å². The van der Waals surface area contributed by atoms with Gasteiger partial charge >= 0.3 is 0 Å². The molecule has 1 amide bonds. The Morgan fingerprint density at radius 2 is 1.93 bits per heavy atom. The molecular formula is C20H24N2O7S. The molecule has 0 bridgehead atoms. The fraction of sp³-hybridized carbons (Fsp3) is 0.350. The van der Waals surface area contributed by atoms with E-state index < -0.39 is 22.0 Å². The van der Waals surface area contributed by atoms with E-state index in [-0.39, 0.29) is 30.4 Å². The summed E-state index contributed by atoms with van der Waals surface area (Å²) in [5.74, 6) is 1.20. The molecule has 0 saturated carbocycles. The van der Waals surface area contributed by atoms with Crippen molar-refractivity contribution in [3.05, 3.63) is 47.0 Å². The summed E-state index contributed by atoms with van der Waals surface area (Å²) >= 11 is 0. The Kier molecular flexibility index (Phi) is 6.49. The highest BCUT2D eigenvalue weighted by atomic mass is 32.2. The van der Waals surface area contributed by atoms with Crippen LogP contribution in [0.1, 0.15) is 21.5 Å². The lowest BCUT2D eigenvalue weighted by Gasteiger charge is -2.15. The first-order valence-electron chi connectivity index (χ1n) is 9.25. The van der Waals surface area contributed by atoms with Crippen molar-refractivity contribution in [2.75, 3.05) is 27.0 Å². The van der Waals surface area contributed by atoms with Gasteiger partial charge in [0.2, 0.25) is 16.8 Å². The van der Waals surface area contributed by atoms with Gasteiger partial charge in [-0.05, 0) is 56.3 Å². The van der Waals surface area contributed by atoms with Crippen molar-refractivity contribution in [2.45, 2.75) is 24.8 Å². The molecule has 0 aliphatic carbocycles. The number of rotatable bonds is 8. The number of ether oxygens (including phenoxy) is 3. The zero-order valence-electron chi connectivity index (χ0n) is 16.9. The van der Waals surface area contributed by atoms with Gasteiger partial charge in [0.25, 0.3) is 5.91 Å². The van der Waals surface area contributed by atoms with Crippen LogP contribution in [-0.2, 0) is 10.0 Å². The predicted molar refractivity (Wildman–Crippen MR) is 109 cm³/mol. The Bertz CT molecular complexity index is 1050. The molecule has 3 N–H and O–H groups in total. The number of aliphatic hydroxyl groups excluding tert-OH is 1. The highest BCUT2D eigenvalue weighted by Crippen LogP contribution is 2.35. The Balaban J connectivity index is 1.58. The van der Waals surface area contributed by atoms with Gasteiger partial charge in [-0.3, -0.25) is 4.79 Å². The maximum atomic E-state index is 12.5. The smallest absolute Gasteiger partial charge is 0.251 e. The van der Waals surface area contributed by atoms with Crippen LogP contribution in [0.3, 0.4) is 0 Å². The van der Waals surface area contributed by atoms with E-state index in [0.29, 0.717) is 28.4 Å². The highest BCUT2D eigenvalue weighted by Gasteiger charge is 2.20. The van der Waals surface area contributed by atoms with Crippen molar-refractivity contribution in [2.24, 2.45) is 0 Å². The van der Waals surface area contributed by atoms with Gasteiger partial charge in [0.05, 0.1) is 4.90 Å². The third-order valence-electron chi connectivity index (χ3n) is 4.72. The minimum atomic E-state index is -3.70. The number of nitrogens with one attached hydrogen (secondary N) is 2. The molecule has 0 saturated heterocycles. The predicted octanol–water partition coefficient (Wildman–Crippen LogP) is 1.11. The number of hydrogen-bond donors (Lipinski definition) is 3. The first-order valence-corrected chi connectivity index (χ1v) is 10.7. The van der Waals surface area contributed by atoms with Crippen molar-refractivity contribution < 1.29 is 32.5 Å². The molecule has 2 aromatic rings. The van der Waals surface area contributed by atoms with Crippen LogP contribution in [-0.4, -0.2) is 52.5 Å². The van der Waals surface area contributed by atoms with Gasteiger partial charge in [-0.25, -0.2) is 13.1 Å². The summed E-state index contributed by atoms with van der Waals surface area (Å²) in [7, 11) is -2.39. The van der Waals surface area contributed by atoms with Crippen molar-refractivity contribution in [3.8, 4) is 17.2 Å². The summed E-state index contributed by atoms with van der Waals surface area (Å²) < 4.78 is 42.6. The Labute approximate surface area is 175 Å². The van der Waals surface area contributed by atoms with Crippen LogP contribution >= 0.6 is 0 Å². The molecule has 2 aromatic carbocycles. The number of aliphatic hydroxyl groups is 1. The SMILES string of the molecule is CNS(=O)(=O)c1cc(C(=O)NCC(O)COc2ccc3c(c2)OCO3)cc(C)c1C. The Hall–Kier alpha value is -2.82. The molecule has 30 heavy (non-hydrogen) atoms. The minimum absolute atomic E-state index is 0.0434. The van der Waals surface area contributed by atoms with Gasteiger partial charge in [0, 0.05) is 18.2 Å². The van der Waals surface area contributed by atoms with Gasteiger partial charge in [-0.15, -0.1) is 0 Å². The number of hydrogen-bond acceptors (Lipinski definition) is 7. The zero-order chi connectivity index (χ0) is 21.9. The molecule has 162 valence electrons. The van der Waals surface area contributed by atoms with Gasteiger partial charge in [-0.2, -0.15) is 0 Å². The first kappa shape index (κ1) is 21.9. The number of amides is 1. The van der Waals surface area contributed by atoms with E-state index in [9.17, 15) is 18.3 Å². The number of carbonyl (C=O) groups is 1.